The van der Waals surface area contributed by atoms with Crippen LogP contribution < -0.4 is 10.0 Å². The van der Waals surface area contributed by atoms with Crippen molar-refractivity contribution < 1.29 is 13.2 Å². The van der Waals surface area contributed by atoms with Crippen LogP contribution in [-0.2, 0) is 10.0 Å². The van der Waals surface area contributed by atoms with Crippen LogP contribution in [0.4, 0.5) is 11.4 Å². The molecule has 1 aromatic heterocycles. The minimum Gasteiger partial charge on any atom is -0.321 e. The molecule has 0 saturated carbocycles. The molecule has 0 aliphatic rings. The number of benzene rings is 1. The summed E-state index contributed by atoms with van der Waals surface area (Å²) in [6, 6.07) is 10.1. The Labute approximate surface area is 128 Å². The van der Waals surface area contributed by atoms with Gasteiger partial charge in [-0.25, -0.2) is 8.42 Å². The highest BCUT2D eigenvalue weighted by Crippen LogP contribution is 2.19. The Bertz CT molecular complexity index is 722. The SMILES string of the molecule is CC(C)S(=O)(=O)Nc1cccc(NC(=O)c2cccs2)c1. The zero-order chi connectivity index (χ0) is 15.5. The van der Waals surface area contributed by atoms with Gasteiger partial charge in [0.05, 0.1) is 15.8 Å². The van der Waals surface area contributed by atoms with Crippen molar-refractivity contribution in [1.82, 2.24) is 0 Å². The molecule has 0 fully saturated rings. The number of hydrogen-bond donors (Lipinski definition) is 2. The maximum atomic E-state index is 11.9. The van der Waals surface area contributed by atoms with Crippen molar-refractivity contribution in [2.24, 2.45) is 0 Å². The first kappa shape index (κ1) is 15.5. The number of carbonyl (C=O) groups excluding carboxylic acids is 1. The van der Waals surface area contributed by atoms with Gasteiger partial charge in [0.2, 0.25) is 10.0 Å². The molecular weight excluding hydrogens is 308 g/mol. The van der Waals surface area contributed by atoms with Crippen LogP contribution in [0, 0.1) is 0 Å². The first-order valence-corrected chi connectivity index (χ1v) is 8.77. The van der Waals surface area contributed by atoms with Crippen LogP contribution in [0.2, 0.25) is 0 Å². The summed E-state index contributed by atoms with van der Waals surface area (Å²) < 4.78 is 26.1. The average molecular weight is 324 g/mol. The van der Waals surface area contributed by atoms with E-state index in [-0.39, 0.29) is 5.91 Å². The van der Waals surface area contributed by atoms with E-state index in [0.29, 0.717) is 16.3 Å². The number of amides is 1. The van der Waals surface area contributed by atoms with E-state index in [1.807, 2.05) is 5.38 Å². The van der Waals surface area contributed by atoms with E-state index in [1.54, 1.807) is 50.2 Å². The molecule has 0 bridgehead atoms. The fourth-order valence-electron chi connectivity index (χ4n) is 1.54. The van der Waals surface area contributed by atoms with Gasteiger partial charge < -0.3 is 5.32 Å². The van der Waals surface area contributed by atoms with Crippen LogP contribution in [0.15, 0.2) is 41.8 Å². The van der Waals surface area contributed by atoms with Crippen LogP contribution in [-0.4, -0.2) is 19.6 Å². The van der Waals surface area contributed by atoms with Crippen molar-refractivity contribution in [2.45, 2.75) is 19.1 Å². The Morgan fingerprint density at radius 3 is 2.48 bits per heavy atom. The van der Waals surface area contributed by atoms with E-state index >= 15 is 0 Å². The average Bonchev–Trinajstić information content (AvgIpc) is 2.92. The maximum Gasteiger partial charge on any atom is 0.265 e. The number of anilines is 2. The lowest BCUT2D eigenvalue weighted by Crippen LogP contribution is -2.22. The molecule has 0 atom stereocenters. The predicted octanol–water partition coefficient (Wildman–Crippen LogP) is 3.15. The van der Waals surface area contributed by atoms with Crippen LogP contribution in [0.5, 0.6) is 0 Å². The molecule has 112 valence electrons. The zero-order valence-electron chi connectivity index (χ0n) is 11.7. The molecule has 1 aromatic carbocycles. The van der Waals surface area contributed by atoms with Crippen LogP contribution >= 0.6 is 11.3 Å². The van der Waals surface area contributed by atoms with Crippen molar-refractivity contribution in [2.75, 3.05) is 10.0 Å². The minimum absolute atomic E-state index is 0.214. The standard InChI is InChI=1S/C14H16N2O3S2/c1-10(2)21(18,19)16-12-6-3-5-11(9-12)15-14(17)13-7-4-8-20-13/h3-10,16H,1-2H3,(H,15,17). The van der Waals surface area contributed by atoms with Crippen molar-refractivity contribution in [3.8, 4) is 0 Å². The van der Waals surface area contributed by atoms with E-state index in [0.717, 1.165) is 0 Å². The number of rotatable bonds is 5. The highest BCUT2D eigenvalue weighted by atomic mass is 32.2. The van der Waals surface area contributed by atoms with Gasteiger partial charge in [-0.3, -0.25) is 9.52 Å². The monoisotopic (exact) mass is 324 g/mol. The molecule has 0 aliphatic carbocycles. The molecule has 0 aliphatic heterocycles. The number of thiophene rings is 1. The van der Waals surface area contributed by atoms with Gasteiger partial charge in [0.15, 0.2) is 0 Å². The summed E-state index contributed by atoms with van der Waals surface area (Å²) in [5.41, 5.74) is 0.963. The summed E-state index contributed by atoms with van der Waals surface area (Å²) in [4.78, 5) is 12.5. The van der Waals surface area contributed by atoms with Gasteiger partial charge in [-0.2, -0.15) is 0 Å². The van der Waals surface area contributed by atoms with Crippen LogP contribution in [0.25, 0.3) is 0 Å². The lowest BCUT2D eigenvalue weighted by atomic mass is 10.3. The number of sulfonamides is 1. The number of carbonyl (C=O) groups is 1. The lowest BCUT2D eigenvalue weighted by molar-refractivity contribution is 0.103. The molecule has 0 radical (unpaired) electrons. The fourth-order valence-corrected chi connectivity index (χ4v) is 2.85. The lowest BCUT2D eigenvalue weighted by Gasteiger charge is -2.12. The third-order valence-corrected chi connectivity index (χ3v) is 5.38. The molecule has 0 saturated heterocycles. The molecule has 2 aromatic rings. The molecular formula is C14H16N2O3S2. The summed E-state index contributed by atoms with van der Waals surface area (Å²) >= 11 is 1.34. The van der Waals surface area contributed by atoms with Gasteiger partial charge in [0.1, 0.15) is 0 Å². The molecule has 2 N–H and O–H groups in total. The topological polar surface area (TPSA) is 75.3 Å². The van der Waals surface area contributed by atoms with E-state index in [9.17, 15) is 13.2 Å². The van der Waals surface area contributed by atoms with Crippen LogP contribution in [0.3, 0.4) is 0 Å². The third kappa shape index (κ3) is 4.05. The van der Waals surface area contributed by atoms with Gasteiger partial charge in [0.25, 0.3) is 5.91 Å². The van der Waals surface area contributed by atoms with Crippen LogP contribution in [0.1, 0.15) is 23.5 Å². The molecule has 2 rings (SSSR count). The first-order chi connectivity index (χ1) is 9.88. The summed E-state index contributed by atoms with van der Waals surface area (Å²) in [6.45, 7) is 3.20. The van der Waals surface area contributed by atoms with E-state index < -0.39 is 15.3 Å². The largest absolute Gasteiger partial charge is 0.321 e. The summed E-state index contributed by atoms with van der Waals surface area (Å²) in [5, 5.41) is 4.03. The molecule has 5 nitrogen and oxygen atoms in total. The van der Waals surface area contributed by atoms with E-state index in [1.165, 1.54) is 11.3 Å². The third-order valence-electron chi connectivity index (χ3n) is 2.75. The number of nitrogens with one attached hydrogen (secondary N) is 2. The van der Waals surface area contributed by atoms with Crippen molar-refractivity contribution >= 4 is 38.6 Å². The molecule has 0 spiro atoms. The van der Waals surface area contributed by atoms with Crippen molar-refractivity contribution in [3.05, 3.63) is 46.7 Å². The van der Waals surface area contributed by atoms with Gasteiger partial charge in [-0.05, 0) is 43.5 Å². The normalized spacial score (nSPS) is 11.4. The predicted molar refractivity (Wildman–Crippen MR) is 86.4 cm³/mol. The number of hydrogen-bond acceptors (Lipinski definition) is 4. The van der Waals surface area contributed by atoms with Gasteiger partial charge in [-0.15, -0.1) is 11.3 Å². The zero-order valence-corrected chi connectivity index (χ0v) is 13.3. The van der Waals surface area contributed by atoms with E-state index in [4.69, 9.17) is 0 Å². The second kappa shape index (κ2) is 6.28. The summed E-state index contributed by atoms with van der Waals surface area (Å²) in [5.74, 6) is -0.214. The van der Waals surface area contributed by atoms with Gasteiger partial charge in [-0.1, -0.05) is 12.1 Å². The van der Waals surface area contributed by atoms with Crippen molar-refractivity contribution in [1.29, 1.82) is 0 Å². The molecule has 1 heterocycles. The highest BCUT2D eigenvalue weighted by molar-refractivity contribution is 7.93. The Hall–Kier alpha value is -1.86. The Morgan fingerprint density at radius 1 is 1.14 bits per heavy atom. The molecule has 21 heavy (non-hydrogen) atoms. The second-order valence-corrected chi connectivity index (χ2v) is 7.89. The summed E-state index contributed by atoms with van der Waals surface area (Å²) in [6.07, 6.45) is 0. The molecule has 0 unspecified atom stereocenters. The van der Waals surface area contributed by atoms with Gasteiger partial charge in [0, 0.05) is 5.69 Å². The Kier molecular flexibility index (Phi) is 4.64. The quantitative estimate of drug-likeness (QED) is 0.887. The van der Waals surface area contributed by atoms with Gasteiger partial charge >= 0.3 is 0 Å². The highest BCUT2D eigenvalue weighted by Gasteiger charge is 2.15. The Morgan fingerprint density at radius 2 is 1.86 bits per heavy atom. The smallest absolute Gasteiger partial charge is 0.265 e. The Balaban J connectivity index is 2.13. The van der Waals surface area contributed by atoms with Crippen molar-refractivity contribution in [3.63, 3.8) is 0 Å². The first-order valence-electron chi connectivity index (χ1n) is 6.35. The second-order valence-electron chi connectivity index (χ2n) is 4.71. The molecule has 1 amide bonds. The maximum absolute atomic E-state index is 11.9. The molecule has 7 heteroatoms. The minimum atomic E-state index is -3.40. The van der Waals surface area contributed by atoms with E-state index in [2.05, 4.69) is 10.0 Å². The summed E-state index contributed by atoms with van der Waals surface area (Å²) in [7, 11) is -3.40. The fraction of sp³-hybridized carbons (Fsp3) is 0.214.